The number of nitrogens with one attached hydrogen (secondary N) is 1. The minimum absolute atomic E-state index is 0.0275. The zero-order valence-corrected chi connectivity index (χ0v) is 21.9. The van der Waals surface area contributed by atoms with Crippen molar-refractivity contribution < 1.29 is 53.5 Å². The molecule has 0 aliphatic carbocycles. The van der Waals surface area contributed by atoms with Crippen molar-refractivity contribution in [2.24, 2.45) is 0 Å². The Hall–Kier alpha value is -2.71. The molecule has 2 amide bonds. The molecule has 1 atom stereocenters. The van der Waals surface area contributed by atoms with Gasteiger partial charge in [-0.15, -0.1) is 0 Å². The molecule has 0 aliphatic rings. The number of benzene rings is 2. The first-order valence-corrected chi connectivity index (χ1v) is 11.6. The summed E-state index contributed by atoms with van der Waals surface area (Å²) >= 11 is 17.2. The van der Waals surface area contributed by atoms with Gasteiger partial charge in [-0.25, -0.2) is 4.39 Å². The Morgan fingerprint density at radius 2 is 1.50 bits per heavy atom. The molecular formula is C23H15Cl3F10N2O2. The molecule has 40 heavy (non-hydrogen) atoms. The van der Waals surface area contributed by atoms with E-state index in [1.165, 1.54) is 0 Å². The summed E-state index contributed by atoms with van der Waals surface area (Å²) in [6, 6.07) is 2.57. The highest BCUT2D eigenvalue weighted by Crippen LogP contribution is 2.42. The van der Waals surface area contributed by atoms with Crippen LogP contribution in [0.2, 0.25) is 15.1 Å². The molecule has 0 aliphatic heterocycles. The zero-order chi connectivity index (χ0) is 30.8. The number of allylic oxidation sites excluding steroid dienone is 1. The van der Waals surface area contributed by atoms with Gasteiger partial charge in [-0.1, -0.05) is 40.9 Å². The Labute approximate surface area is 234 Å². The van der Waals surface area contributed by atoms with Crippen molar-refractivity contribution in [1.82, 2.24) is 10.2 Å². The van der Waals surface area contributed by atoms with Crippen molar-refractivity contribution in [3.05, 3.63) is 73.7 Å². The van der Waals surface area contributed by atoms with Crippen molar-refractivity contribution in [1.29, 1.82) is 0 Å². The van der Waals surface area contributed by atoms with E-state index in [9.17, 15) is 53.5 Å². The summed E-state index contributed by atoms with van der Waals surface area (Å²) in [4.78, 5) is 24.2. The molecule has 0 bridgehead atoms. The number of likely N-dealkylation sites (N-methyl/N-ethyl adjacent to an activating group) is 1. The highest BCUT2D eigenvalue weighted by atomic mass is 35.5. The predicted octanol–water partition coefficient (Wildman–Crippen LogP) is 8.07. The lowest BCUT2D eigenvalue weighted by Gasteiger charge is -2.20. The summed E-state index contributed by atoms with van der Waals surface area (Å²) in [6.45, 7) is -2.80. The largest absolute Gasteiger partial charge is 0.417 e. The van der Waals surface area contributed by atoms with E-state index in [4.69, 9.17) is 34.8 Å². The number of carbonyl (C=O) groups excluding carboxylic acids is 2. The second kappa shape index (κ2) is 12.4. The first kappa shape index (κ1) is 33.5. The van der Waals surface area contributed by atoms with Gasteiger partial charge >= 0.3 is 18.5 Å². The maximum atomic E-state index is 14.9. The fraction of sp³-hybridized carbons (Fsp3) is 0.304. The smallest absolute Gasteiger partial charge is 0.343 e. The number of alkyl halides is 9. The minimum atomic E-state index is -5.33. The number of carbonyl (C=O) groups is 2. The van der Waals surface area contributed by atoms with Gasteiger partial charge in [0.25, 0.3) is 5.91 Å². The number of hydrogen-bond donors (Lipinski definition) is 1. The van der Waals surface area contributed by atoms with Crippen LogP contribution in [0.15, 0.2) is 36.4 Å². The average Bonchev–Trinajstić information content (AvgIpc) is 2.80. The molecule has 2 aromatic carbocycles. The zero-order valence-electron chi connectivity index (χ0n) is 19.6. The summed E-state index contributed by atoms with van der Waals surface area (Å²) in [6.07, 6.45) is -15.3. The molecule has 0 aromatic heterocycles. The van der Waals surface area contributed by atoms with Gasteiger partial charge < -0.3 is 10.2 Å². The summed E-state index contributed by atoms with van der Waals surface area (Å²) in [5.41, 5.74) is -4.62. The highest BCUT2D eigenvalue weighted by molar-refractivity contribution is 6.48. The maximum Gasteiger partial charge on any atom is 0.417 e. The SMILES string of the molecule is CN(CC(F)(F)F)C(=O)CNC(=O)c1ccc(/C(F)=C/C(c2cc(Cl)c(Cl)c(Cl)c2)C(F)(F)F)cc1C(F)(F)F. The number of rotatable bonds is 7. The van der Waals surface area contributed by atoms with Crippen molar-refractivity contribution in [2.75, 3.05) is 20.1 Å². The molecule has 2 rings (SSSR count). The van der Waals surface area contributed by atoms with Crippen LogP contribution in [-0.2, 0) is 11.0 Å². The van der Waals surface area contributed by atoms with E-state index in [0.29, 0.717) is 12.1 Å². The van der Waals surface area contributed by atoms with Gasteiger partial charge in [-0.2, -0.15) is 39.5 Å². The molecular weight excluding hydrogens is 633 g/mol. The fourth-order valence-electron chi connectivity index (χ4n) is 3.25. The molecule has 0 saturated heterocycles. The maximum absolute atomic E-state index is 14.9. The molecule has 17 heteroatoms. The van der Waals surface area contributed by atoms with E-state index in [1.807, 2.05) is 0 Å². The predicted molar refractivity (Wildman–Crippen MR) is 127 cm³/mol. The van der Waals surface area contributed by atoms with Crippen molar-refractivity contribution in [3.63, 3.8) is 0 Å². The highest BCUT2D eigenvalue weighted by Gasteiger charge is 2.41. The quantitative estimate of drug-likeness (QED) is 0.244. The van der Waals surface area contributed by atoms with E-state index in [0.717, 1.165) is 19.2 Å². The van der Waals surface area contributed by atoms with Gasteiger partial charge in [-0.05, 0) is 35.9 Å². The van der Waals surface area contributed by atoms with Gasteiger partial charge in [0.2, 0.25) is 5.91 Å². The van der Waals surface area contributed by atoms with Gasteiger partial charge in [0.05, 0.1) is 32.7 Å². The number of amides is 2. The molecule has 0 saturated carbocycles. The normalized spacial score (nSPS) is 13.7. The van der Waals surface area contributed by atoms with Crippen LogP contribution in [0.3, 0.4) is 0 Å². The fourth-order valence-corrected chi connectivity index (χ4v) is 3.86. The van der Waals surface area contributed by atoms with Gasteiger partial charge in [0, 0.05) is 12.6 Å². The van der Waals surface area contributed by atoms with E-state index < -0.39 is 87.5 Å². The van der Waals surface area contributed by atoms with E-state index in [-0.39, 0.29) is 22.1 Å². The minimum Gasteiger partial charge on any atom is -0.343 e. The summed E-state index contributed by atoms with van der Waals surface area (Å²) in [7, 11) is 0.743. The summed E-state index contributed by atoms with van der Waals surface area (Å²) in [5.74, 6) is -7.33. The Morgan fingerprint density at radius 1 is 0.950 bits per heavy atom. The topological polar surface area (TPSA) is 49.4 Å². The Kier molecular flexibility index (Phi) is 10.4. The van der Waals surface area contributed by atoms with E-state index in [1.54, 1.807) is 5.32 Å². The lowest BCUT2D eigenvalue weighted by molar-refractivity contribution is -0.157. The molecule has 2 aromatic rings. The third-order valence-corrected chi connectivity index (χ3v) is 6.32. The second-order valence-electron chi connectivity index (χ2n) is 8.14. The van der Waals surface area contributed by atoms with Crippen molar-refractivity contribution in [3.8, 4) is 0 Å². The van der Waals surface area contributed by atoms with Crippen LogP contribution in [0.1, 0.15) is 33.0 Å². The van der Waals surface area contributed by atoms with Crippen molar-refractivity contribution >= 4 is 52.4 Å². The van der Waals surface area contributed by atoms with Gasteiger partial charge in [-0.3, -0.25) is 9.59 Å². The third kappa shape index (κ3) is 8.90. The van der Waals surface area contributed by atoms with Crippen LogP contribution in [0.5, 0.6) is 0 Å². The number of nitrogens with zero attached hydrogens (tertiary/aromatic N) is 1. The van der Waals surface area contributed by atoms with Crippen LogP contribution < -0.4 is 5.32 Å². The standard InChI is InChI=1S/C23H15Cl3F10N2O2/c1-38(9-21(28,29)30)18(39)8-37-20(40)12-3-2-10(4-14(12)23(34,35)36)17(27)7-13(22(31,32)33)11-5-15(24)19(26)16(25)6-11/h2-7,13H,8-9H2,1H3,(H,37,40)/b17-7-. The molecule has 0 radical (unpaired) electrons. The van der Waals surface area contributed by atoms with Crippen LogP contribution in [0.25, 0.3) is 5.83 Å². The Morgan fingerprint density at radius 3 is 1.98 bits per heavy atom. The monoisotopic (exact) mass is 646 g/mol. The van der Waals surface area contributed by atoms with E-state index >= 15 is 0 Å². The molecule has 0 fully saturated rings. The van der Waals surface area contributed by atoms with Crippen LogP contribution in [0, 0.1) is 0 Å². The van der Waals surface area contributed by atoms with Crippen molar-refractivity contribution in [2.45, 2.75) is 24.4 Å². The lowest BCUT2D eigenvalue weighted by Crippen LogP contribution is -2.42. The molecule has 0 spiro atoms. The van der Waals surface area contributed by atoms with E-state index in [2.05, 4.69) is 0 Å². The molecule has 1 N–H and O–H groups in total. The summed E-state index contributed by atoms with van der Waals surface area (Å²) in [5, 5.41) is 0.646. The molecule has 4 nitrogen and oxygen atoms in total. The Bertz CT molecular complexity index is 1280. The Balaban J connectivity index is 2.42. The number of hydrogen-bond acceptors (Lipinski definition) is 2. The lowest BCUT2D eigenvalue weighted by atomic mass is 9.95. The summed E-state index contributed by atoms with van der Waals surface area (Å²) < 4.78 is 134. The molecule has 1 unspecified atom stereocenters. The molecule has 220 valence electrons. The third-order valence-electron chi connectivity index (χ3n) is 5.12. The van der Waals surface area contributed by atoms with Crippen LogP contribution in [-0.4, -0.2) is 49.2 Å². The van der Waals surface area contributed by atoms with Gasteiger partial charge in [0.1, 0.15) is 18.3 Å². The second-order valence-corrected chi connectivity index (χ2v) is 9.33. The van der Waals surface area contributed by atoms with Crippen LogP contribution in [0.4, 0.5) is 43.9 Å². The van der Waals surface area contributed by atoms with Gasteiger partial charge in [0.15, 0.2) is 0 Å². The van der Waals surface area contributed by atoms with Crippen LogP contribution >= 0.6 is 34.8 Å². The first-order valence-electron chi connectivity index (χ1n) is 10.5. The first-order chi connectivity index (χ1) is 18.1. The number of halogens is 13. The average molecular weight is 648 g/mol. The molecule has 0 heterocycles.